The van der Waals surface area contributed by atoms with Gasteiger partial charge in [0.15, 0.2) is 5.82 Å². The van der Waals surface area contributed by atoms with E-state index in [1.807, 2.05) is 19.1 Å². The van der Waals surface area contributed by atoms with Gasteiger partial charge in [-0.15, -0.1) is 0 Å². The third kappa shape index (κ3) is 4.11. The average Bonchev–Trinajstić information content (AvgIpc) is 3.13. The summed E-state index contributed by atoms with van der Waals surface area (Å²) in [5, 5.41) is 3.40. The largest absolute Gasteiger partial charge is 0.453 e. The summed E-state index contributed by atoms with van der Waals surface area (Å²) < 4.78 is 4.63. The number of fused-ring (bicyclic) bond motifs is 1. The molecule has 2 N–H and O–H groups in total. The monoisotopic (exact) mass is 447 g/mol. The first-order valence-corrected chi connectivity index (χ1v) is 11.2. The van der Waals surface area contributed by atoms with Gasteiger partial charge in [0.25, 0.3) is 0 Å². The number of ether oxygens (including phenoxy) is 1. The Morgan fingerprint density at radius 1 is 1.35 bits per heavy atom. The number of rotatable bonds is 5. The van der Waals surface area contributed by atoms with Gasteiger partial charge < -0.3 is 19.9 Å². The van der Waals surface area contributed by atoms with Crippen molar-refractivity contribution in [3.63, 3.8) is 0 Å². The lowest BCUT2D eigenvalue weighted by molar-refractivity contribution is 0.0536. The van der Waals surface area contributed by atoms with Gasteiger partial charge in [-0.25, -0.2) is 9.78 Å². The number of Topliss-reactive ketones (excluding diaryl/α,β-unsaturated/α-hetero) is 1. The first-order chi connectivity index (χ1) is 14.7. The molecule has 4 rings (SSSR count). The number of methoxy groups -OCH3 is 1. The van der Waals surface area contributed by atoms with Crippen molar-refractivity contribution in [2.75, 3.05) is 38.2 Å². The molecule has 1 saturated heterocycles. The van der Waals surface area contributed by atoms with Crippen LogP contribution in [0.15, 0.2) is 12.1 Å². The van der Waals surface area contributed by atoms with Crippen LogP contribution in [-0.2, 0) is 4.74 Å². The highest BCUT2D eigenvalue weighted by atomic mass is 35.5. The molecule has 0 bridgehead atoms. The molecule has 1 unspecified atom stereocenters. The molecular formula is C22H30ClN5O3. The second-order valence-corrected chi connectivity index (χ2v) is 9.38. The van der Waals surface area contributed by atoms with Crippen LogP contribution < -0.4 is 10.2 Å². The van der Waals surface area contributed by atoms with E-state index in [2.05, 4.69) is 43.7 Å². The number of halogens is 1. The zero-order chi connectivity index (χ0) is 22.3. The summed E-state index contributed by atoms with van der Waals surface area (Å²) in [5.41, 5.74) is 1.89. The highest BCUT2D eigenvalue weighted by Gasteiger charge is 2.48. The molecule has 1 aromatic carbocycles. The molecule has 1 aromatic heterocycles. The molecular weight excluding hydrogens is 418 g/mol. The van der Waals surface area contributed by atoms with Gasteiger partial charge in [-0.1, -0.05) is 25.4 Å². The van der Waals surface area contributed by atoms with Crippen LogP contribution in [0.3, 0.4) is 0 Å². The molecule has 1 saturated carbocycles. The van der Waals surface area contributed by atoms with Crippen molar-refractivity contribution in [3.05, 3.63) is 23.0 Å². The first-order valence-electron chi connectivity index (χ1n) is 10.8. The Hall–Kier alpha value is -2.32. The fourth-order valence-corrected chi connectivity index (χ4v) is 5.12. The summed E-state index contributed by atoms with van der Waals surface area (Å²) >= 11 is 6.63. The molecule has 2 aliphatic rings. The third-order valence-electron chi connectivity index (χ3n) is 6.68. The number of alkyl carbamates (subject to hydrolysis) is 1. The van der Waals surface area contributed by atoms with Crippen molar-refractivity contribution in [1.29, 1.82) is 0 Å². The summed E-state index contributed by atoms with van der Waals surface area (Å²) in [6.45, 7) is 10.2. The topological polar surface area (TPSA) is 90.6 Å². The van der Waals surface area contributed by atoms with Crippen LogP contribution in [-0.4, -0.2) is 72.1 Å². The molecule has 1 atom stereocenters. The number of carbonyl (C=O) groups is 2. The van der Waals surface area contributed by atoms with Crippen molar-refractivity contribution in [2.45, 2.75) is 45.7 Å². The molecule has 0 radical (unpaired) electrons. The average molecular weight is 448 g/mol. The highest BCUT2D eigenvalue weighted by Crippen LogP contribution is 2.43. The van der Waals surface area contributed by atoms with Crippen molar-refractivity contribution < 1.29 is 14.3 Å². The molecule has 8 nitrogen and oxygen atoms in total. The van der Waals surface area contributed by atoms with Gasteiger partial charge in [0.1, 0.15) is 0 Å². The quantitative estimate of drug-likeness (QED) is 0.682. The number of hydrogen-bond donors (Lipinski definition) is 2. The molecule has 2 heterocycles. The number of benzene rings is 1. The summed E-state index contributed by atoms with van der Waals surface area (Å²) in [5.74, 6) is 0.292. The number of piperazine rings is 1. The number of H-pyrrole nitrogens is 1. The highest BCUT2D eigenvalue weighted by molar-refractivity contribution is 6.34. The van der Waals surface area contributed by atoms with E-state index in [1.54, 1.807) is 0 Å². The number of imidazole rings is 1. The number of hydrogen-bond acceptors (Lipinski definition) is 6. The van der Waals surface area contributed by atoms with E-state index in [9.17, 15) is 9.59 Å². The van der Waals surface area contributed by atoms with Gasteiger partial charge in [-0.2, -0.15) is 0 Å². The van der Waals surface area contributed by atoms with Gasteiger partial charge in [-0.3, -0.25) is 9.69 Å². The van der Waals surface area contributed by atoms with Crippen molar-refractivity contribution >= 4 is 40.2 Å². The Balaban J connectivity index is 1.53. The lowest BCUT2D eigenvalue weighted by atomic mass is 9.64. The molecule has 1 aliphatic heterocycles. The molecule has 168 valence electrons. The van der Waals surface area contributed by atoms with Crippen LogP contribution in [0, 0.1) is 5.41 Å². The standard InChI is InChI=1S/C22H30ClN5O3/c1-5-27-6-7-28(13(2)12-27)18-9-17-16(8-15(18)23)25-20(26-17)19(29)22(3)10-14(11-22)24-21(30)31-4/h8-9,13-14H,5-7,10-12H2,1-4H3,(H,24,30)(H,25,26). The van der Waals surface area contributed by atoms with Crippen LogP contribution in [0.2, 0.25) is 5.02 Å². The molecule has 1 amide bonds. The van der Waals surface area contributed by atoms with E-state index in [1.165, 1.54) is 7.11 Å². The van der Waals surface area contributed by atoms with Crippen molar-refractivity contribution in [3.8, 4) is 0 Å². The second-order valence-electron chi connectivity index (χ2n) is 8.97. The van der Waals surface area contributed by atoms with Gasteiger partial charge >= 0.3 is 6.09 Å². The predicted molar refractivity (Wildman–Crippen MR) is 121 cm³/mol. The van der Waals surface area contributed by atoms with Crippen molar-refractivity contribution in [1.82, 2.24) is 20.2 Å². The lowest BCUT2D eigenvalue weighted by Gasteiger charge is -2.43. The minimum absolute atomic E-state index is 0.0470. The van der Waals surface area contributed by atoms with Crippen LogP contribution >= 0.6 is 11.6 Å². The Bertz CT molecular complexity index is 1000. The number of amides is 1. The second kappa shape index (κ2) is 8.31. The maximum Gasteiger partial charge on any atom is 0.407 e. The normalized spacial score (nSPS) is 26.5. The zero-order valence-corrected chi connectivity index (χ0v) is 19.3. The fourth-order valence-electron chi connectivity index (χ4n) is 4.85. The Kier molecular flexibility index (Phi) is 5.87. The van der Waals surface area contributed by atoms with Crippen LogP contribution in [0.4, 0.5) is 10.5 Å². The van der Waals surface area contributed by atoms with Gasteiger partial charge in [0.05, 0.1) is 28.9 Å². The van der Waals surface area contributed by atoms with Crippen LogP contribution in [0.1, 0.15) is 44.2 Å². The minimum atomic E-state index is -0.558. The van der Waals surface area contributed by atoms with Crippen molar-refractivity contribution in [2.24, 2.45) is 5.41 Å². The SMILES string of the molecule is CCN1CCN(c2cc3nc(C(=O)C4(C)CC(NC(=O)OC)C4)[nH]c3cc2Cl)C(C)C1. The molecule has 2 fully saturated rings. The molecule has 2 aromatic rings. The maximum atomic E-state index is 13.1. The van der Waals surface area contributed by atoms with E-state index in [-0.39, 0.29) is 11.8 Å². The molecule has 0 spiro atoms. The summed E-state index contributed by atoms with van der Waals surface area (Å²) in [4.78, 5) is 37.0. The van der Waals surface area contributed by atoms with E-state index >= 15 is 0 Å². The predicted octanol–water partition coefficient (Wildman–Crippen LogP) is 3.45. The summed E-state index contributed by atoms with van der Waals surface area (Å²) in [6, 6.07) is 4.12. The van der Waals surface area contributed by atoms with E-state index in [0.717, 1.165) is 42.9 Å². The smallest absolute Gasteiger partial charge is 0.407 e. The first kappa shape index (κ1) is 21.9. The number of carbonyl (C=O) groups excluding carboxylic acids is 2. The summed E-state index contributed by atoms with van der Waals surface area (Å²) in [6.07, 6.45) is 0.645. The number of anilines is 1. The zero-order valence-electron chi connectivity index (χ0n) is 18.5. The Morgan fingerprint density at radius 3 is 2.74 bits per heavy atom. The van der Waals surface area contributed by atoms with Gasteiger partial charge in [-0.05, 0) is 38.4 Å². The van der Waals surface area contributed by atoms with E-state index in [4.69, 9.17) is 11.6 Å². The minimum Gasteiger partial charge on any atom is -0.453 e. The van der Waals surface area contributed by atoms with Gasteiger partial charge in [0, 0.05) is 37.1 Å². The number of aromatic amines is 1. The Labute approximate surface area is 187 Å². The molecule has 31 heavy (non-hydrogen) atoms. The summed E-state index contributed by atoms with van der Waals surface area (Å²) in [7, 11) is 1.33. The van der Waals surface area contributed by atoms with E-state index in [0.29, 0.717) is 29.7 Å². The number of aromatic nitrogens is 2. The number of likely N-dealkylation sites (N-methyl/N-ethyl adjacent to an activating group) is 1. The number of nitrogens with one attached hydrogen (secondary N) is 2. The fraction of sp³-hybridized carbons (Fsp3) is 0.591. The molecule has 1 aliphatic carbocycles. The van der Waals surface area contributed by atoms with Crippen LogP contribution in [0.5, 0.6) is 0 Å². The van der Waals surface area contributed by atoms with E-state index < -0.39 is 11.5 Å². The Morgan fingerprint density at radius 2 is 2.10 bits per heavy atom. The number of ketones is 1. The molecule has 9 heteroatoms. The third-order valence-corrected chi connectivity index (χ3v) is 6.99. The van der Waals surface area contributed by atoms with Crippen LogP contribution in [0.25, 0.3) is 11.0 Å². The maximum absolute atomic E-state index is 13.1. The van der Waals surface area contributed by atoms with Gasteiger partial charge in [0.2, 0.25) is 5.78 Å². The lowest BCUT2D eigenvalue weighted by Crippen LogP contribution is -2.53. The number of nitrogens with zero attached hydrogens (tertiary/aromatic N) is 3.